The molecular formula is C15H20Cl2N2. The highest BCUT2D eigenvalue weighted by molar-refractivity contribution is 6.35. The molecule has 0 amide bonds. The van der Waals surface area contributed by atoms with Crippen LogP contribution in [0.4, 0.5) is 0 Å². The summed E-state index contributed by atoms with van der Waals surface area (Å²) in [6.45, 7) is 4.26. The third-order valence-corrected chi connectivity index (χ3v) is 5.01. The fourth-order valence-electron chi connectivity index (χ4n) is 3.45. The van der Waals surface area contributed by atoms with Crippen molar-refractivity contribution in [2.45, 2.75) is 37.8 Å². The number of hydrogen-bond donors (Lipinski definition) is 1. The standard InChI is InChI=1S/C15H20Cl2N2/c16-13-4-3-12(14(17)9-13)10-19-8-7-18-15(11-19)5-1-2-6-15/h3-4,9,18H,1-2,5-8,10-11H2. The molecule has 0 atom stereocenters. The number of rotatable bonds is 2. The minimum atomic E-state index is 0.372. The molecule has 0 aromatic heterocycles. The molecule has 1 saturated carbocycles. The van der Waals surface area contributed by atoms with Crippen LogP contribution in [-0.4, -0.2) is 30.1 Å². The molecule has 0 unspecified atom stereocenters. The Labute approximate surface area is 125 Å². The first kappa shape index (κ1) is 13.7. The van der Waals surface area contributed by atoms with E-state index in [4.69, 9.17) is 23.2 Å². The number of nitrogens with one attached hydrogen (secondary N) is 1. The van der Waals surface area contributed by atoms with Crippen molar-refractivity contribution in [1.29, 1.82) is 0 Å². The number of benzene rings is 1. The first-order chi connectivity index (χ1) is 9.17. The van der Waals surface area contributed by atoms with Crippen LogP contribution in [0.25, 0.3) is 0 Å². The third-order valence-electron chi connectivity index (χ3n) is 4.42. The van der Waals surface area contributed by atoms with Gasteiger partial charge in [0.05, 0.1) is 0 Å². The first-order valence-corrected chi connectivity index (χ1v) is 7.84. The molecule has 2 fully saturated rings. The average Bonchev–Trinajstić information content (AvgIpc) is 2.81. The fourth-order valence-corrected chi connectivity index (χ4v) is 3.92. The van der Waals surface area contributed by atoms with E-state index < -0.39 is 0 Å². The predicted octanol–water partition coefficient (Wildman–Crippen LogP) is 3.71. The third kappa shape index (κ3) is 3.08. The Balaban J connectivity index is 1.69. The maximum atomic E-state index is 6.27. The lowest BCUT2D eigenvalue weighted by Gasteiger charge is -2.41. The van der Waals surface area contributed by atoms with Gasteiger partial charge < -0.3 is 5.32 Å². The highest BCUT2D eigenvalue weighted by atomic mass is 35.5. The molecule has 1 spiro atoms. The molecule has 1 aromatic carbocycles. The van der Waals surface area contributed by atoms with Crippen LogP contribution in [-0.2, 0) is 6.54 Å². The summed E-state index contributed by atoms with van der Waals surface area (Å²) in [5.41, 5.74) is 1.55. The van der Waals surface area contributed by atoms with Crippen molar-refractivity contribution in [3.63, 3.8) is 0 Å². The van der Waals surface area contributed by atoms with Gasteiger partial charge in [0, 0.05) is 41.8 Å². The largest absolute Gasteiger partial charge is 0.309 e. The van der Waals surface area contributed by atoms with Gasteiger partial charge in [-0.05, 0) is 30.5 Å². The van der Waals surface area contributed by atoms with Crippen LogP contribution in [0.2, 0.25) is 10.0 Å². The van der Waals surface area contributed by atoms with Crippen LogP contribution >= 0.6 is 23.2 Å². The Hall–Kier alpha value is -0.280. The van der Waals surface area contributed by atoms with Crippen LogP contribution in [0, 0.1) is 0 Å². The normalized spacial score (nSPS) is 23.1. The van der Waals surface area contributed by atoms with Crippen molar-refractivity contribution in [2.24, 2.45) is 0 Å². The van der Waals surface area contributed by atoms with E-state index in [2.05, 4.69) is 10.2 Å². The van der Waals surface area contributed by atoms with Gasteiger partial charge in [-0.2, -0.15) is 0 Å². The van der Waals surface area contributed by atoms with Crippen molar-refractivity contribution in [3.05, 3.63) is 33.8 Å². The van der Waals surface area contributed by atoms with E-state index in [1.165, 1.54) is 31.2 Å². The SMILES string of the molecule is Clc1ccc(CN2CCNC3(CCCC3)C2)c(Cl)c1. The molecule has 1 saturated heterocycles. The van der Waals surface area contributed by atoms with Crippen LogP contribution in [0.3, 0.4) is 0 Å². The number of nitrogens with zero attached hydrogens (tertiary/aromatic N) is 1. The maximum absolute atomic E-state index is 6.27. The summed E-state index contributed by atoms with van der Waals surface area (Å²) in [4.78, 5) is 2.52. The second-order valence-electron chi connectivity index (χ2n) is 5.86. The molecule has 3 rings (SSSR count). The number of piperazine rings is 1. The van der Waals surface area contributed by atoms with Gasteiger partial charge in [-0.25, -0.2) is 0 Å². The molecule has 1 heterocycles. The highest BCUT2D eigenvalue weighted by Gasteiger charge is 2.37. The minimum Gasteiger partial charge on any atom is -0.309 e. The Morgan fingerprint density at radius 1 is 1.21 bits per heavy atom. The molecular weight excluding hydrogens is 279 g/mol. The molecule has 104 valence electrons. The van der Waals surface area contributed by atoms with Crippen LogP contribution in [0.15, 0.2) is 18.2 Å². The van der Waals surface area contributed by atoms with Crippen molar-refractivity contribution in [2.75, 3.05) is 19.6 Å². The lowest BCUT2D eigenvalue weighted by Crippen LogP contribution is -2.58. The van der Waals surface area contributed by atoms with E-state index in [1.54, 1.807) is 0 Å². The number of hydrogen-bond acceptors (Lipinski definition) is 2. The van der Waals surface area contributed by atoms with Crippen LogP contribution in [0.5, 0.6) is 0 Å². The molecule has 4 heteroatoms. The Kier molecular flexibility index (Phi) is 4.04. The Bertz CT molecular complexity index is 455. The summed E-state index contributed by atoms with van der Waals surface area (Å²) >= 11 is 12.2. The van der Waals surface area contributed by atoms with Crippen molar-refractivity contribution in [1.82, 2.24) is 10.2 Å². The molecule has 2 nitrogen and oxygen atoms in total. The van der Waals surface area contributed by atoms with Crippen molar-refractivity contribution < 1.29 is 0 Å². The molecule has 2 aliphatic rings. The molecule has 0 bridgehead atoms. The van der Waals surface area contributed by atoms with Crippen molar-refractivity contribution in [3.8, 4) is 0 Å². The molecule has 1 aromatic rings. The number of halogens is 2. The summed E-state index contributed by atoms with van der Waals surface area (Å²) in [5, 5.41) is 5.23. The van der Waals surface area contributed by atoms with Gasteiger partial charge in [-0.1, -0.05) is 42.1 Å². The summed E-state index contributed by atoms with van der Waals surface area (Å²) in [6.07, 6.45) is 5.36. The van der Waals surface area contributed by atoms with Gasteiger partial charge in [-0.3, -0.25) is 4.90 Å². The topological polar surface area (TPSA) is 15.3 Å². The van der Waals surface area contributed by atoms with Gasteiger partial charge in [0.1, 0.15) is 0 Å². The van der Waals surface area contributed by atoms with Gasteiger partial charge in [0.25, 0.3) is 0 Å². The molecule has 1 aliphatic heterocycles. The zero-order chi connectivity index (χ0) is 13.3. The lowest BCUT2D eigenvalue weighted by atomic mass is 9.94. The van der Waals surface area contributed by atoms with Gasteiger partial charge >= 0.3 is 0 Å². The zero-order valence-corrected chi connectivity index (χ0v) is 12.6. The fraction of sp³-hybridized carbons (Fsp3) is 0.600. The highest BCUT2D eigenvalue weighted by Crippen LogP contribution is 2.33. The minimum absolute atomic E-state index is 0.372. The second-order valence-corrected chi connectivity index (χ2v) is 6.70. The lowest BCUT2D eigenvalue weighted by molar-refractivity contribution is 0.129. The quantitative estimate of drug-likeness (QED) is 0.895. The first-order valence-electron chi connectivity index (χ1n) is 7.08. The van der Waals surface area contributed by atoms with Crippen molar-refractivity contribution >= 4 is 23.2 Å². The second kappa shape index (κ2) is 5.61. The summed E-state index contributed by atoms with van der Waals surface area (Å²) in [5.74, 6) is 0. The molecule has 1 aliphatic carbocycles. The predicted molar refractivity (Wildman–Crippen MR) is 80.9 cm³/mol. The summed E-state index contributed by atoms with van der Waals surface area (Å²) < 4.78 is 0. The van der Waals surface area contributed by atoms with Gasteiger partial charge in [0.15, 0.2) is 0 Å². The smallest absolute Gasteiger partial charge is 0.0465 e. The monoisotopic (exact) mass is 298 g/mol. The van der Waals surface area contributed by atoms with E-state index in [0.29, 0.717) is 10.6 Å². The van der Waals surface area contributed by atoms with E-state index in [1.807, 2.05) is 18.2 Å². The maximum Gasteiger partial charge on any atom is 0.0465 e. The molecule has 19 heavy (non-hydrogen) atoms. The van der Waals surface area contributed by atoms with Gasteiger partial charge in [0.2, 0.25) is 0 Å². The van der Waals surface area contributed by atoms with E-state index in [-0.39, 0.29) is 0 Å². The van der Waals surface area contributed by atoms with Crippen LogP contribution in [0.1, 0.15) is 31.2 Å². The average molecular weight is 299 g/mol. The summed E-state index contributed by atoms with van der Waals surface area (Å²) in [7, 11) is 0. The summed E-state index contributed by atoms with van der Waals surface area (Å²) in [6, 6.07) is 5.82. The van der Waals surface area contributed by atoms with E-state index in [9.17, 15) is 0 Å². The Morgan fingerprint density at radius 3 is 2.74 bits per heavy atom. The zero-order valence-electron chi connectivity index (χ0n) is 11.1. The molecule has 0 radical (unpaired) electrons. The van der Waals surface area contributed by atoms with Gasteiger partial charge in [-0.15, -0.1) is 0 Å². The van der Waals surface area contributed by atoms with E-state index in [0.717, 1.165) is 31.2 Å². The van der Waals surface area contributed by atoms with E-state index >= 15 is 0 Å². The molecule has 1 N–H and O–H groups in total. The Morgan fingerprint density at radius 2 is 2.00 bits per heavy atom. The van der Waals surface area contributed by atoms with Crippen LogP contribution < -0.4 is 5.32 Å².